The first-order valence-electron chi connectivity index (χ1n) is 5.94. The Balaban J connectivity index is 2.38. The van der Waals surface area contributed by atoms with E-state index < -0.39 is 17.8 Å². The van der Waals surface area contributed by atoms with Crippen LogP contribution in [-0.4, -0.2) is 7.11 Å². The predicted octanol–water partition coefficient (Wildman–Crippen LogP) is 3.51. The lowest BCUT2D eigenvalue weighted by atomic mass is 9.76. The number of ether oxygens (including phenoxy) is 1. The summed E-state index contributed by atoms with van der Waals surface area (Å²) in [6.07, 6.45) is -1.53. The normalized spacial score (nSPS) is 18.3. The smallest absolute Gasteiger partial charge is 0.416 e. The summed E-state index contributed by atoms with van der Waals surface area (Å²) in [5.41, 5.74) is 5.44. The van der Waals surface area contributed by atoms with E-state index >= 15 is 0 Å². The van der Waals surface area contributed by atoms with Crippen molar-refractivity contribution in [2.24, 2.45) is 11.7 Å². The standard InChI is InChI=1S/C13H16F3NO/c1-18-9-5-6-10(11(7-9)13(14,15)16)12(17)8-3-2-4-8/h5-8,12H,2-4,17H2,1H3/t12-/m0/s1. The third-order valence-corrected chi connectivity index (χ3v) is 3.58. The van der Waals surface area contributed by atoms with Gasteiger partial charge in [0.15, 0.2) is 0 Å². The van der Waals surface area contributed by atoms with Crippen molar-refractivity contribution in [3.8, 4) is 5.75 Å². The highest BCUT2D eigenvalue weighted by molar-refractivity contribution is 5.39. The van der Waals surface area contributed by atoms with E-state index in [1.807, 2.05) is 0 Å². The summed E-state index contributed by atoms with van der Waals surface area (Å²) in [6.45, 7) is 0. The van der Waals surface area contributed by atoms with Gasteiger partial charge in [-0.3, -0.25) is 0 Å². The van der Waals surface area contributed by atoms with Crippen LogP contribution in [-0.2, 0) is 6.18 Å². The maximum absolute atomic E-state index is 13.0. The Bertz CT molecular complexity index is 427. The van der Waals surface area contributed by atoms with Gasteiger partial charge in [0.1, 0.15) is 5.75 Å². The molecule has 1 atom stereocenters. The molecule has 1 saturated carbocycles. The van der Waals surface area contributed by atoms with E-state index in [-0.39, 0.29) is 17.2 Å². The largest absolute Gasteiger partial charge is 0.497 e. The van der Waals surface area contributed by atoms with Crippen molar-refractivity contribution in [2.45, 2.75) is 31.5 Å². The third kappa shape index (κ3) is 2.46. The fourth-order valence-electron chi connectivity index (χ4n) is 2.25. The molecule has 5 heteroatoms. The summed E-state index contributed by atoms with van der Waals surface area (Å²) in [7, 11) is 1.35. The molecule has 0 saturated heterocycles. The first kappa shape index (κ1) is 13.2. The molecule has 0 unspecified atom stereocenters. The second kappa shape index (κ2) is 4.80. The lowest BCUT2D eigenvalue weighted by Gasteiger charge is -2.32. The summed E-state index contributed by atoms with van der Waals surface area (Å²) in [5, 5.41) is 0. The van der Waals surface area contributed by atoms with Crippen molar-refractivity contribution < 1.29 is 17.9 Å². The van der Waals surface area contributed by atoms with Crippen molar-refractivity contribution in [3.05, 3.63) is 29.3 Å². The molecule has 0 spiro atoms. The van der Waals surface area contributed by atoms with E-state index in [0.717, 1.165) is 25.3 Å². The van der Waals surface area contributed by atoms with Gasteiger partial charge in [-0.15, -0.1) is 0 Å². The van der Waals surface area contributed by atoms with Crippen LogP contribution in [0.1, 0.15) is 36.4 Å². The Hall–Kier alpha value is -1.23. The maximum Gasteiger partial charge on any atom is 0.416 e. The summed E-state index contributed by atoms with van der Waals surface area (Å²) >= 11 is 0. The molecule has 0 heterocycles. The number of rotatable bonds is 3. The van der Waals surface area contributed by atoms with Crippen LogP contribution in [0.3, 0.4) is 0 Å². The Morgan fingerprint density at radius 1 is 1.33 bits per heavy atom. The van der Waals surface area contributed by atoms with Gasteiger partial charge >= 0.3 is 6.18 Å². The number of nitrogens with two attached hydrogens (primary N) is 1. The fraction of sp³-hybridized carbons (Fsp3) is 0.538. The molecular weight excluding hydrogens is 243 g/mol. The molecule has 0 amide bonds. The molecule has 18 heavy (non-hydrogen) atoms. The summed E-state index contributed by atoms with van der Waals surface area (Å²) in [4.78, 5) is 0. The summed E-state index contributed by atoms with van der Waals surface area (Å²) in [5.74, 6) is 0.367. The third-order valence-electron chi connectivity index (χ3n) is 3.58. The van der Waals surface area contributed by atoms with Crippen LogP contribution in [0.15, 0.2) is 18.2 Å². The Labute approximate surface area is 104 Å². The fourth-order valence-corrected chi connectivity index (χ4v) is 2.25. The first-order valence-corrected chi connectivity index (χ1v) is 5.94. The minimum Gasteiger partial charge on any atom is -0.497 e. The van der Waals surface area contributed by atoms with Crippen molar-refractivity contribution in [1.82, 2.24) is 0 Å². The number of methoxy groups -OCH3 is 1. The minimum atomic E-state index is -4.40. The molecule has 1 aromatic rings. The highest BCUT2D eigenvalue weighted by atomic mass is 19.4. The topological polar surface area (TPSA) is 35.2 Å². The van der Waals surface area contributed by atoms with Crippen LogP contribution in [0.4, 0.5) is 13.2 Å². The molecule has 1 aliphatic carbocycles. The SMILES string of the molecule is COc1ccc([C@@H](N)C2CCC2)c(C(F)(F)F)c1. The van der Waals surface area contributed by atoms with Crippen molar-refractivity contribution in [3.63, 3.8) is 0 Å². The molecule has 0 bridgehead atoms. The summed E-state index contributed by atoms with van der Waals surface area (Å²) < 4.78 is 43.8. The van der Waals surface area contributed by atoms with Gasteiger partial charge in [0, 0.05) is 6.04 Å². The molecule has 1 fully saturated rings. The monoisotopic (exact) mass is 259 g/mol. The van der Waals surface area contributed by atoms with Gasteiger partial charge in [-0.1, -0.05) is 12.5 Å². The second-order valence-corrected chi connectivity index (χ2v) is 4.67. The molecule has 100 valence electrons. The zero-order valence-electron chi connectivity index (χ0n) is 10.1. The van der Waals surface area contributed by atoms with Crippen LogP contribution in [0.2, 0.25) is 0 Å². The number of hydrogen-bond donors (Lipinski definition) is 1. The molecule has 0 radical (unpaired) electrons. The van der Waals surface area contributed by atoms with Crippen LogP contribution < -0.4 is 10.5 Å². The molecular formula is C13H16F3NO. The quantitative estimate of drug-likeness (QED) is 0.901. The van der Waals surface area contributed by atoms with Gasteiger partial charge in [-0.25, -0.2) is 0 Å². The van der Waals surface area contributed by atoms with Crippen LogP contribution in [0.5, 0.6) is 5.75 Å². The van der Waals surface area contributed by atoms with E-state index in [1.54, 1.807) is 0 Å². The number of hydrogen-bond acceptors (Lipinski definition) is 2. The van der Waals surface area contributed by atoms with Gasteiger partial charge in [0.25, 0.3) is 0 Å². The van der Waals surface area contributed by atoms with Gasteiger partial charge in [-0.2, -0.15) is 13.2 Å². The van der Waals surface area contributed by atoms with Gasteiger partial charge in [0.2, 0.25) is 0 Å². The van der Waals surface area contributed by atoms with Crippen molar-refractivity contribution in [1.29, 1.82) is 0 Å². The molecule has 0 aliphatic heterocycles. The molecule has 1 aliphatic rings. The zero-order chi connectivity index (χ0) is 13.3. The lowest BCUT2D eigenvalue weighted by Crippen LogP contribution is -2.29. The molecule has 2 N–H and O–H groups in total. The van der Waals surface area contributed by atoms with Gasteiger partial charge < -0.3 is 10.5 Å². The highest BCUT2D eigenvalue weighted by Crippen LogP contribution is 2.42. The van der Waals surface area contributed by atoms with E-state index in [4.69, 9.17) is 10.5 Å². The van der Waals surface area contributed by atoms with Crippen molar-refractivity contribution >= 4 is 0 Å². The molecule has 2 nitrogen and oxygen atoms in total. The average molecular weight is 259 g/mol. The van der Waals surface area contributed by atoms with E-state index in [1.165, 1.54) is 19.2 Å². The molecule has 2 rings (SSSR count). The van der Waals surface area contributed by atoms with E-state index in [0.29, 0.717) is 0 Å². The summed E-state index contributed by atoms with van der Waals surface area (Å²) in [6, 6.07) is 3.45. The highest BCUT2D eigenvalue weighted by Gasteiger charge is 2.37. The number of halogens is 3. The van der Waals surface area contributed by atoms with Gasteiger partial charge in [-0.05, 0) is 36.5 Å². The van der Waals surface area contributed by atoms with Crippen LogP contribution in [0, 0.1) is 5.92 Å². The Morgan fingerprint density at radius 3 is 2.44 bits per heavy atom. The van der Waals surface area contributed by atoms with Crippen LogP contribution in [0.25, 0.3) is 0 Å². The second-order valence-electron chi connectivity index (χ2n) is 4.67. The number of alkyl halides is 3. The van der Waals surface area contributed by atoms with E-state index in [9.17, 15) is 13.2 Å². The van der Waals surface area contributed by atoms with Gasteiger partial charge in [0.05, 0.1) is 12.7 Å². The number of benzene rings is 1. The van der Waals surface area contributed by atoms with Crippen LogP contribution >= 0.6 is 0 Å². The average Bonchev–Trinajstić information content (AvgIpc) is 2.24. The molecule has 1 aromatic carbocycles. The first-order chi connectivity index (χ1) is 8.43. The Morgan fingerprint density at radius 2 is 2.00 bits per heavy atom. The minimum absolute atomic E-state index is 0.166. The van der Waals surface area contributed by atoms with Crippen molar-refractivity contribution in [2.75, 3.05) is 7.11 Å². The Kier molecular flexibility index (Phi) is 3.52. The predicted molar refractivity (Wildman–Crippen MR) is 62.3 cm³/mol. The zero-order valence-corrected chi connectivity index (χ0v) is 10.1. The maximum atomic E-state index is 13.0. The molecule has 0 aromatic heterocycles. The lowest BCUT2D eigenvalue weighted by molar-refractivity contribution is -0.138. The van der Waals surface area contributed by atoms with E-state index in [2.05, 4.69) is 0 Å².